The van der Waals surface area contributed by atoms with E-state index in [1.165, 1.54) is 10.4 Å². The quantitative estimate of drug-likeness (QED) is 0.358. The molecule has 0 spiro atoms. The largest absolute Gasteiger partial charge is 0.317 e. The molecule has 5 rings (SSSR count). The van der Waals surface area contributed by atoms with E-state index in [2.05, 4.69) is 18.3 Å². The van der Waals surface area contributed by atoms with E-state index in [-0.39, 0.29) is 23.0 Å². The highest BCUT2D eigenvalue weighted by molar-refractivity contribution is 7.91. The van der Waals surface area contributed by atoms with Crippen LogP contribution in [-0.4, -0.2) is 25.1 Å². The summed E-state index contributed by atoms with van der Waals surface area (Å²) in [6.07, 6.45) is 2.99. The van der Waals surface area contributed by atoms with Crippen molar-refractivity contribution in [3.63, 3.8) is 0 Å². The van der Waals surface area contributed by atoms with Gasteiger partial charge in [0.25, 0.3) is 0 Å². The molecule has 0 saturated heterocycles. The molecule has 5 nitrogen and oxygen atoms in total. The van der Waals surface area contributed by atoms with Crippen LogP contribution in [0.3, 0.4) is 0 Å². The molecule has 0 bridgehead atoms. The molecule has 1 aliphatic carbocycles. The molecule has 0 fully saturated rings. The van der Waals surface area contributed by atoms with Gasteiger partial charge >= 0.3 is 0 Å². The summed E-state index contributed by atoms with van der Waals surface area (Å²) in [4.78, 5) is 19.2. The number of thiazole rings is 1. The van der Waals surface area contributed by atoms with Crippen LogP contribution in [0.4, 0.5) is 5.00 Å². The molecule has 0 unspecified atom stereocenters. The maximum atomic E-state index is 12.8. The standard InChI is InChI=1S/C25H24N2O3S3/c1-16-11-12-18-21(15-16)32-25(23(18)24-26-19-9-5-6-10-20(19)31-24)27-22(28)13-14-33(29,30)17-7-3-2-4-8-17/h2-10,16H,11-15H2,1H3,(H,27,28)/t16-/m0/s1. The van der Waals surface area contributed by atoms with Gasteiger partial charge in [0.2, 0.25) is 5.91 Å². The van der Waals surface area contributed by atoms with Gasteiger partial charge in [-0.25, -0.2) is 13.4 Å². The number of carbonyl (C=O) groups excluding carboxylic acids is 1. The summed E-state index contributed by atoms with van der Waals surface area (Å²) in [7, 11) is -3.50. The van der Waals surface area contributed by atoms with E-state index < -0.39 is 9.84 Å². The Morgan fingerprint density at radius 3 is 2.64 bits per heavy atom. The third-order valence-electron chi connectivity index (χ3n) is 5.97. The first-order valence-corrected chi connectivity index (χ1v) is 14.3. The number of hydrogen-bond acceptors (Lipinski definition) is 6. The van der Waals surface area contributed by atoms with Crippen molar-refractivity contribution in [1.29, 1.82) is 0 Å². The molecule has 8 heteroatoms. The van der Waals surface area contributed by atoms with E-state index in [0.717, 1.165) is 45.1 Å². The smallest absolute Gasteiger partial charge is 0.226 e. The lowest BCUT2D eigenvalue weighted by atomic mass is 9.88. The van der Waals surface area contributed by atoms with Crippen LogP contribution in [0, 0.1) is 5.92 Å². The van der Waals surface area contributed by atoms with Gasteiger partial charge in [-0.05, 0) is 55.0 Å². The summed E-state index contributed by atoms with van der Waals surface area (Å²) in [5.74, 6) is 0.101. The maximum Gasteiger partial charge on any atom is 0.226 e. The minimum absolute atomic E-state index is 0.0878. The first-order valence-electron chi connectivity index (χ1n) is 11.0. The van der Waals surface area contributed by atoms with Crippen molar-refractivity contribution in [3.05, 3.63) is 65.0 Å². The van der Waals surface area contributed by atoms with Crippen LogP contribution in [0.1, 0.15) is 30.2 Å². The van der Waals surface area contributed by atoms with Crippen LogP contribution in [0.5, 0.6) is 0 Å². The molecule has 0 saturated carbocycles. The summed E-state index contributed by atoms with van der Waals surface area (Å²) in [6.45, 7) is 2.26. The predicted molar refractivity (Wildman–Crippen MR) is 136 cm³/mol. The first-order chi connectivity index (χ1) is 15.9. The number of nitrogens with zero attached hydrogens (tertiary/aromatic N) is 1. The number of rotatable bonds is 6. The summed E-state index contributed by atoms with van der Waals surface area (Å²) >= 11 is 3.25. The van der Waals surface area contributed by atoms with Crippen LogP contribution < -0.4 is 5.32 Å². The Kier molecular flexibility index (Phi) is 6.07. The highest BCUT2D eigenvalue weighted by Gasteiger charge is 2.27. The molecule has 2 aromatic heterocycles. The molecule has 170 valence electrons. The molecule has 1 atom stereocenters. The lowest BCUT2D eigenvalue weighted by Crippen LogP contribution is -2.17. The number of fused-ring (bicyclic) bond motifs is 2. The zero-order valence-corrected chi connectivity index (χ0v) is 20.7. The molecule has 0 radical (unpaired) electrons. The van der Waals surface area contributed by atoms with Crippen molar-refractivity contribution in [3.8, 4) is 10.6 Å². The van der Waals surface area contributed by atoms with E-state index in [4.69, 9.17) is 4.98 Å². The average molecular weight is 497 g/mol. The minimum Gasteiger partial charge on any atom is -0.317 e. The Morgan fingerprint density at radius 2 is 1.85 bits per heavy atom. The van der Waals surface area contributed by atoms with Crippen LogP contribution in [-0.2, 0) is 27.5 Å². The van der Waals surface area contributed by atoms with E-state index >= 15 is 0 Å². The summed E-state index contributed by atoms with van der Waals surface area (Å²) in [6, 6.07) is 16.3. The zero-order chi connectivity index (χ0) is 23.0. The highest BCUT2D eigenvalue weighted by Crippen LogP contribution is 2.47. The fraction of sp³-hybridized carbons (Fsp3) is 0.280. The van der Waals surface area contributed by atoms with Gasteiger partial charge in [-0.15, -0.1) is 22.7 Å². The molecule has 1 aliphatic rings. The summed E-state index contributed by atoms with van der Waals surface area (Å²) in [5, 5.41) is 4.73. The number of amides is 1. The topological polar surface area (TPSA) is 76.1 Å². The third-order valence-corrected chi connectivity index (χ3v) is 9.93. The van der Waals surface area contributed by atoms with Crippen molar-refractivity contribution in [2.24, 2.45) is 5.92 Å². The molecule has 2 heterocycles. The minimum atomic E-state index is -3.50. The van der Waals surface area contributed by atoms with Gasteiger partial charge in [0, 0.05) is 16.9 Å². The van der Waals surface area contributed by atoms with Gasteiger partial charge in [-0.3, -0.25) is 4.79 Å². The second kappa shape index (κ2) is 9.00. The molecule has 2 aromatic carbocycles. The third kappa shape index (κ3) is 4.60. The summed E-state index contributed by atoms with van der Waals surface area (Å²) in [5.41, 5.74) is 3.25. The number of anilines is 1. The van der Waals surface area contributed by atoms with Gasteiger partial charge in [0.15, 0.2) is 9.84 Å². The fourth-order valence-electron chi connectivity index (χ4n) is 4.21. The van der Waals surface area contributed by atoms with Crippen molar-refractivity contribution in [2.45, 2.75) is 37.5 Å². The van der Waals surface area contributed by atoms with E-state index in [9.17, 15) is 13.2 Å². The Morgan fingerprint density at radius 1 is 1.09 bits per heavy atom. The number of para-hydroxylation sites is 1. The lowest BCUT2D eigenvalue weighted by Gasteiger charge is -2.18. The van der Waals surface area contributed by atoms with E-state index in [1.807, 2.05) is 18.2 Å². The number of aromatic nitrogens is 1. The average Bonchev–Trinajstić information content (AvgIpc) is 3.38. The highest BCUT2D eigenvalue weighted by atomic mass is 32.2. The Labute approximate surface area is 201 Å². The second-order valence-corrected chi connectivity index (χ2v) is 12.7. The van der Waals surface area contributed by atoms with Gasteiger partial charge < -0.3 is 5.32 Å². The van der Waals surface area contributed by atoms with Crippen LogP contribution >= 0.6 is 22.7 Å². The number of sulfone groups is 1. The molecule has 4 aromatic rings. The normalized spacial score (nSPS) is 16.0. The van der Waals surface area contributed by atoms with Crippen molar-refractivity contribution in [2.75, 3.05) is 11.1 Å². The first kappa shape index (κ1) is 22.3. The van der Waals surface area contributed by atoms with Gasteiger partial charge in [0.1, 0.15) is 10.0 Å². The van der Waals surface area contributed by atoms with Crippen LogP contribution in [0.25, 0.3) is 20.8 Å². The Hall–Kier alpha value is -2.55. The number of benzene rings is 2. The van der Waals surface area contributed by atoms with Crippen molar-refractivity contribution in [1.82, 2.24) is 4.98 Å². The predicted octanol–water partition coefficient (Wildman–Crippen LogP) is 5.95. The molecule has 1 N–H and O–H groups in total. The Bertz CT molecular complexity index is 1390. The van der Waals surface area contributed by atoms with E-state index in [1.54, 1.807) is 53.0 Å². The van der Waals surface area contributed by atoms with Crippen molar-refractivity contribution >= 4 is 53.6 Å². The Balaban J connectivity index is 1.42. The van der Waals surface area contributed by atoms with Gasteiger partial charge in [-0.1, -0.05) is 37.3 Å². The van der Waals surface area contributed by atoms with Crippen LogP contribution in [0.2, 0.25) is 0 Å². The lowest BCUT2D eigenvalue weighted by molar-refractivity contribution is -0.115. The molecular weight excluding hydrogens is 472 g/mol. The summed E-state index contributed by atoms with van der Waals surface area (Å²) < 4.78 is 26.3. The monoisotopic (exact) mass is 496 g/mol. The number of thiophene rings is 1. The molecule has 33 heavy (non-hydrogen) atoms. The number of hydrogen-bond donors (Lipinski definition) is 1. The number of nitrogens with one attached hydrogen (secondary N) is 1. The fourth-order valence-corrected chi connectivity index (χ4v) is 8.01. The molecule has 0 aliphatic heterocycles. The zero-order valence-electron chi connectivity index (χ0n) is 18.2. The van der Waals surface area contributed by atoms with Gasteiger partial charge in [0.05, 0.1) is 20.9 Å². The number of carbonyl (C=O) groups is 1. The second-order valence-electron chi connectivity index (χ2n) is 8.47. The molecular formula is C25H24N2O3S3. The van der Waals surface area contributed by atoms with Gasteiger partial charge in [-0.2, -0.15) is 0 Å². The van der Waals surface area contributed by atoms with Crippen LogP contribution in [0.15, 0.2) is 59.5 Å². The molecule has 1 amide bonds. The SMILES string of the molecule is C[C@H]1CCc2c(sc(NC(=O)CCS(=O)(=O)c3ccccc3)c2-c2nc3ccccc3s2)C1. The van der Waals surface area contributed by atoms with E-state index in [0.29, 0.717) is 5.92 Å². The maximum absolute atomic E-state index is 12.8. The van der Waals surface area contributed by atoms with Crippen molar-refractivity contribution < 1.29 is 13.2 Å².